The summed E-state index contributed by atoms with van der Waals surface area (Å²) in [6, 6.07) is 12.4. The molecule has 0 fully saturated rings. The normalized spacial score (nSPS) is 13.2. The van der Waals surface area contributed by atoms with Crippen molar-refractivity contribution in [2.45, 2.75) is 45.8 Å². The van der Waals surface area contributed by atoms with Gasteiger partial charge in [-0.1, -0.05) is 54.4 Å². The molecule has 33 heavy (non-hydrogen) atoms. The fourth-order valence-corrected chi connectivity index (χ4v) is 4.36. The maximum absolute atomic E-state index is 13.4. The summed E-state index contributed by atoms with van der Waals surface area (Å²) in [5.74, 6) is -0.864. The highest BCUT2D eigenvalue weighted by Gasteiger charge is 2.31. The van der Waals surface area contributed by atoms with E-state index in [1.165, 1.54) is 11.0 Å². The highest BCUT2D eigenvalue weighted by atomic mass is 35.5. The molecule has 2 aromatic rings. The summed E-state index contributed by atoms with van der Waals surface area (Å²) >= 11 is 12.2. The number of rotatable bonds is 10. The molecule has 2 atom stereocenters. The Morgan fingerprint density at radius 1 is 1.03 bits per heavy atom. The van der Waals surface area contributed by atoms with Crippen LogP contribution in [0.4, 0.5) is 5.69 Å². The molecular formula is C23H29Cl2N3O4S. The monoisotopic (exact) mass is 513 g/mol. The second-order valence-electron chi connectivity index (χ2n) is 7.86. The molecule has 7 nitrogen and oxygen atoms in total. The van der Waals surface area contributed by atoms with Crippen molar-refractivity contribution >= 4 is 50.7 Å². The molecule has 10 heteroatoms. The minimum absolute atomic E-state index is 0.0666. The Hall–Kier alpha value is -2.29. The van der Waals surface area contributed by atoms with E-state index < -0.39 is 28.5 Å². The van der Waals surface area contributed by atoms with Crippen LogP contribution in [0.3, 0.4) is 0 Å². The molecule has 1 N–H and O–H groups in total. The van der Waals surface area contributed by atoms with Crippen molar-refractivity contribution in [1.29, 1.82) is 0 Å². The first-order valence-electron chi connectivity index (χ1n) is 10.5. The van der Waals surface area contributed by atoms with E-state index in [1.54, 1.807) is 49.4 Å². The summed E-state index contributed by atoms with van der Waals surface area (Å²) < 4.78 is 26.0. The lowest BCUT2D eigenvalue weighted by Crippen LogP contribution is -2.52. The molecule has 0 bridgehead atoms. The molecule has 0 saturated heterocycles. The lowest BCUT2D eigenvalue weighted by molar-refractivity contribution is -0.139. The van der Waals surface area contributed by atoms with Crippen molar-refractivity contribution in [1.82, 2.24) is 10.2 Å². The van der Waals surface area contributed by atoms with Crippen molar-refractivity contribution < 1.29 is 18.0 Å². The third kappa shape index (κ3) is 7.62. The molecule has 0 aliphatic carbocycles. The highest BCUT2D eigenvalue weighted by Crippen LogP contribution is 2.27. The fourth-order valence-electron chi connectivity index (χ4n) is 3.08. The van der Waals surface area contributed by atoms with E-state index in [4.69, 9.17) is 23.2 Å². The van der Waals surface area contributed by atoms with Gasteiger partial charge in [0.2, 0.25) is 21.8 Å². The summed E-state index contributed by atoms with van der Waals surface area (Å²) in [5, 5.41) is 3.62. The first-order chi connectivity index (χ1) is 15.4. The van der Waals surface area contributed by atoms with Gasteiger partial charge in [0.1, 0.15) is 12.6 Å². The molecule has 2 aromatic carbocycles. The summed E-state index contributed by atoms with van der Waals surface area (Å²) in [6.07, 6.45) is 1.74. The molecule has 2 amide bonds. The summed E-state index contributed by atoms with van der Waals surface area (Å²) in [6.45, 7) is 5.03. The van der Waals surface area contributed by atoms with Crippen LogP contribution in [0.1, 0.15) is 32.8 Å². The Labute approximate surface area is 205 Å². The van der Waals surface area contributed by atoms with Crippen LogP contribution in [-0.4, -0.2) is 50.0 Å². The smallest absolute Gasteiger partial charge is 0.244 e. The van der Waals surface area contributed by atoms with Gasteiger partial charge in [-0.2, -0.15) is 0 Å². The number of halogens is 2. The summed E-state index contributed by atoms with van der Waals surface area (Å²) in [7, 11) is -3.83. The van der Waals surface area contributed by atoms with Gasteiger partial charge in [0.25, 0.3) is 0 Å². The van der Waals surface area contributed by atoms with Crippen LogP contribution in [0.25, 0.3) is 0 Å². The van der Waals surface area contributed by atoms with Crippen molar-refractivity contribution in [2.75, 3.05) is 17.1 Å². The van der Waals surface area contributed by atoms with E-state index in [-0.39, 0.29) is 29.2 Å². The lowest BCUT2D eigenvalue weighted by atomic mass is 10.1. The van der Waals surface area contributed by atoms with Gasteiger partial charge in [0, 0.05) is 17.6 Å². The quantitative estimate of drug-likeness (QED) is 0.518. The molecule has 0 aromatic heterocycles. The second kappa shape index (κ2) is 11.7. The predicted molar refractivity (Wildman–Crippen MR) is 133 cm³/mol. The van der Waals surface area contributed by atoms with Crippen molar-refractivity contribution in [3.63, 3.8) is 0 Å². The number of anilines is 1. The van der Waals surface area contributed by atoms with Crippen LogP contribution in [0, 0.1) is 0 Å². The lowest BCUT2D eigenvalue weighted by Gasteiger charge is -2.32. The Bertz CT molecular complexity index is 1080. The number of sulfonamides is 1. The largest absolute Gasteiger partial charge is 0.352 e. The minimum Gasteiger partial charge on any atom is -0.352 e. The fraction of sp³-hybridized carbons (Fsp3) is 0.391. The average Bonchev–Trinajstić information content (AvgIpc) is 2.76. The Kier molecular flexibility index (Phi) is 9.57. The Morgan fingerprint density at radius 2 is 1.64 bits per heavy atom. The maximum Gasteiger partial charge on any atom is 0.244 e. The van der Waals surface area contributed by atoms with Crippen LogP contribution in [0.15, 0.2) is 48.5 Å². The average molecular weight is 514 g/mol. The minimum atomic E-state index is -3.83. The Morgan fingerprint density at radius 3 is 2.18 bits per heavy atom. The SMILES string of the molecule is CC[C@@H](C)NC(=O)[C@@H](C)N(Cc1ccc(Cl)cc1)C(=O)CN(c1ccccc1Cl)S(C)(=O)=O. The molecule has 0 radical (unpaired) electrons. The van der Waals surface area contributed by atoms with Gasteiger partial charge in [0.05, 0.1) is 17.0 Å². The van der Waals surface area contributed by atoms with Gasteiger partial charge in [-0.15, -0.1) is 0 Å². The van der Waals surface area contributed by atoms with E-state index in [0.29, 0.717) is 5.02 Å². The molecule has 0 aliphatic heterocycles. The van der Waals surface area contributed by atoms with E-state index in [1.807, 2.05) is 13.8 Å². The first-order valence-corrected chi connectivity index (χ1v) is 13.1. The van der Waals surface area contributed by atoms with Gasteiger partial charge in [-0.25, -0.2) is 8.42 Å². The van der Waals surface area contributed by atoms with Gasteiger partial charge < -0.3 is 10.2 Å². The van der Waals surface area contributed by atoms with Crippen LogP contribution in [0.2, 0.25) is 10.0 Å². The number of para-hydroxylation sites is 1. The Balaban J connectivity index is 2.39. The van der Waals surface area contributed by atoms with Gasteiger partial charge in [-0.3, -0.25) is 13.9 Å². The van der Waals surface area contributed by atoms with E-state index >= 15 is 0 Å². The zero-order valence-corrected chi connectivity index (χ0v) is 21.4. The molecule has 0 aliphatic rings. The molecule has 2 rings (SSSR count). The third-order valence-corrected chi connectivity index (χ3v) is 6.93. The molecule has 0 spiro atoms. The maximum atomic E-state index is 13.4. The van der Waals surface area contributed by atoms with Crippen LogP contribution >= 0.6 is 23.2 Å². The standard InChI is InChI=1S/C23H29Cl2N3O4S/c1-5-16(2)26-23(30)17(3)27(14-18-10-12-19(24)13-11-18)22(29)15-28(33(4,31)32)21-9-7-6-8-20(21)25/h6-13,16-17H,5,14-15H2,1-4H3,(H,26,30)/t16-,17-/m1/s1. The number of benzene rings is 2. The molecular weight excluding hydrogens is 485 g/mol. The number of carbonyl (C=O) groups excluding carboxylic acids is 2. The summed E-state index contributed by atoms with van der Waals surface area (Å²) in [4.78, 5) is 27.6. The van der Waals surface area contributed by atoms with Gasteiger partial charge in [0.15, 0.2) is 0 Å². The number of nitrogens with one attached hydrogen (secondary N) is 1. The number of amides is 2. The molecule has 0 unspecified atom stereocenters. The second-order valence-corrected chi connectivity index (χ2v) is 10.6. The first kappa shape index (κ1) is 27.0. The zero-order chi connectivity index (χ0) is 24.8. The summed E-state index contributed by atoms with van der Waals surface area (Å²) in [5.41, 5.74) is 0.942. The van der Waals surface area contributed by atoms with Crippen LogP contribution in [0.5, 0.6) is 0 Å². The van der Waals surface area contributed by atoms with Crippen molar-refractivity contribution in [3.8, 4) is 0 Å². The van der Waals surface area contributed by atoms with E-state index in [2.05, 4.69) is 5.32 Å². The predicted octanol–water partition coefficient (Wildman–Crippen LogP) is 4.09. The van der Waals surface area contributed by atoms with Crippen LogP contribution in [-0.2, 0) is 26.2 Å². The third-order valence-electron chi connectivity index (χ3n) is 5.23. The number of hydrogen-bond donors (Lipinski definition) is 1. The highest BCUT2D eigenvalue weighted by molar-refractivity contribution is 7.92. The number of hydrogen-bond acceptors (Lipinski definition) is 4. The molecule has 0 heterocycles. The van der Waals surface area contributed by atoms with Gasteiger partial charge in [-0.05, 0) is 50.1 Å². The number of carbonyl (C=O) groups is 2. The number of nitrogens with zero attached hydrogens (tertiary/aromatic N) is 2. The zero-order valence-electron chi connectivity index (χ0n) is 19.1. The molecule has 0 saturated carbocycles. The van der Waals surface area contributed by atoms with Crippen molar-refractivity contribution in [3.05, 3.63) is 64.1 Å². The molecule has 180 valence electrons. The van der Waals surface area contributed by atoms with E-state index in [0.717, 1.165) is 22.5 Å². The van der Waals surface area contributed by atoms with Gasteiger partial charge >= 0.3 is 0 Å². The topological polar surface area (TPSA) is 86.8 Å². The van der Waals surface area contributed by atoms with E-state index in [9.17, 15) is 18.0 Å². The van der Waals surface area contributed by atoms with Crippen molar-refractivity contribution in [2.24, 2.45) is 0 Å². The van der Waals surface area contributed by atoms with Crippen LogP contribution < -0.4 is 9.62 Å².